The molecule has 4 rings (SSSR count). The molecule has 2 aromatic rings. The van der Waals surface area contributed by atoms with Crippen LogP contribution in [0.4, 0.5) is 5.95 Å². The van der Waals surface area contributed by atoms with Gasteiger partial charge in [0.2, 0.25) is 11.9 Å². The zero-order valence-electron chi connectivity index (χ0n) is 14.1. The Labute approximate surface area is 151 Å². The molecule has 25 heavy (non-hydrogen) atoms. The molecular weight excluding hydrogens is 338 g/mol. The number of anilines is 1. The van der Waals surface area contributed by atoms with Crippen molar-refractivity contribution in [1.29, 1.82) is 0 Å². The first-order chi connectivity index (χ1) is 12.1. The number of rotatable bonds is 1. The number of nitrogens with zero attached hydrogens (tertiary/aromatic N) is 4. The number of nitrogens with one attached hydrogen (secondary N) is 1. The molecule has 1 N–H and O–H groups in total. The first kappa shape index (κ1) is 16.1. The number of guanidine groups is 1. The van der Waals surface area contributed by atoms with E-state index >= 15 is 0 Å². The highest BCUT2D eigenvalue weighted by Crippen LogP contribution is 2.27. The summed E-state index contributed by atoms with van der Waals surface area (Å²) in [4.78, 5) is 24.2. The van der Waals surface area contributed by atoms with Crippen LogP contribution < -0.4 is 10.9 Å². The van der Waals surface area contributed by atoms with Gasteiger partial charge in [-0.3, -0.25) is 14.7 Å². The van der Waals surface area contributed by atoms with Crippen LogP contribution in [-0.4, -0.2) is 33.5 Å². The summed E-state index contributed by atoms with van der Waals surface area (Å²) >= 11 is 6.02. The average Bonchev–Trinajstić information content (AvgIpc) is 2.62. The lowest BCUT2D eigenvalue weighted by Crippen LogP contribution is -2.45. The second-order valence-electron chi connectivity index (χ2n) is 6.48. The molecule has 1 atom stereocenters. The van der Waals surface area contributed by atoms with Gasteiger partial charge in [0, 0.05) is 29.9 Å². The molecule has 0 amide bonds. The zero-order chi connectivity index (χ0) is 17.4. The highest BCUT2D eigenvalue weighted by Gasteiger charge is 2.27. The molecule has 0 spiro atoms. The minimum absolute atomic E-state index is 0.114. The molecule has 2 aliphatic rings. The SMILES string of the molecule is Cc1cc(=O)n2c(n1)NC(N1CCCCC1)=N[C@@H]2c1ccc(Cl)cc1. The summed E-state index contributed by atoms with van der Waals surface area (Å²) in [6.45, 7) is 3.76. The second-order valence-corrected chi connectivity index (χ2v) is 6.92. The van der Waals surface area contributed by atoms with Gasteiger partial charge >= 0.3 is 0 Å². The van der Waals surface area contributed by atoms with Crippen molar-refractivity contribution < 1.29 is 0 Å². The number of likely N-dealkylation sites (tertiary alicyclic amines) is 1. The van der Waals surface area contributed by atoms with E-state index in [-0.39, 0.29) is 5.56 Å². The van der Waals surface area contributed by atoms with Crippen molar-refractivity contribution >= 4 is 23.5 Å². The standard InChI is InChI=1S/C18H20ClN5O/c1-12-11-15(25)24-16(13-5-7-14(19)8-6-13)21-17(22-18(24)20-12)23-9-3-2-4-10-23/h5-8,11,16H,2-4,9-10H2,1H3,(H,20,21,22)/t16-/m0/s1. The lowest BCUT2D eigenvalue weighted by atomic mass is 10.1. The maximum absolute atomic E-state index is 12.6. The van der Waals surface area contributed by atoms with E-state index in [1.807, 2.05) is 31.2 Å². The Morgan fingerprint density at radius 1 is 1.16 bits per heavy atom. The molecule has 0 radical (unpaired) electrons. The largest absolute Gasteiger partial charge is 0.343 e. The van der Waals surface area contributed by atoms with Crippen LogP contribution in [0.2, 0.25) is 5.02 Å². The Balaban J connectivity index is 1.82. The quantitative estimate of drug-likeness (QED) is 0.852. The number of halogens is 1. The lowest BCUT2D eigenvalue weighted by molar-refractivity contribution is 0.335. The molecule has 7 heteroatoms. The summed E-state index contributed by atoms with van der Waals surface area (Å²) in [7, 11) is 0. The van der Waals surface area contributed by atoms with Crippen LogP contribution in [0.3, 0.4) is 0 Å². The van der Waals surface area contributed by atoms with Crippen LogP contribution in [-0.2, 0) is 0 Å². The van der Waals surface area contributed by atoms with Gasteiger partial charge in [0.05, 0.1) is 0 Å². The average molecular weight is 358 g/mol. The van der Waals surface area contributed by atoms with E-state index in [1.54, 1.807) is 4.57 Å². The van der Waals surface area contributed by atoms with Gasteiger partial charge in [0.1, 0.15) is 0 Å². The molecule has 1 aromatic carbocycles. The topological polar surface area (TPSA) is 62.5 Å². The van der Waals surface area contributed by atoms with Crippen molar-refractivity contribution in [2.75, 3.05) is 18.4 Å². The fourth-order valence-corrected chi connectivity index (χ4v) is 3.49. The molecule has 0 unspecified atom stereocenters. The monoisotopic (exact) mass is 357 g/mol. The zero-order valence-corrected chi connectivity index (χ0v) is 14.8. The third kappa shape index (κ3) is 3.14. The van der Waals surface area contributed by atoms with E-state index in [0.29, 0.717) is 16.7 Å². The molecule has 0 saturated carbocycles. The molecule has 6 nitrogen and oxygen atoms in total. The minimum Gasteiger partial charge on any atom is -0.343 e. The molecule has 2 aliphatic heterocycles. The third-order valence-electron chi connectivity index (χ3n) is 4.62. The Hall–Kier alpha value is -2.34. The van der Waals surface area contributed by atoms with Crippen molar-refractivity contribution in [3.63, 3.8) is 0 Å². The maximum atomic E-state index is 12.6. The van der Waals surface area contributed by atoms with Crippen LogP contribution in [0, 0.1) is 6.92 Å². The summed E-state index contributed by atoms with van der Waals surface area (Å²) < 4.78 is 1.60. The van der Waals surface area contributed by atoms with Gasteiger partial charge < -0.3 is 4.90 Å². The molecule has 0 aliphatic carbocycles. The van der Waals surface area contributed by atoms with Gasteiger partial charge in [-0.05, 0) is 43.9 Å². The van der Waals surface area contributed by atoms with Gasteiger partial charge in [0.15, 0.2) is 6.17 Å². The number of hydrogen-bond donors (Lipinski definition) is 1. The van der Waals surface area contributed by atoms with Crippen molar-refractivity contribution in [1.82, 2.24) is 14.5 Å². The van der Waals surface area contributed by atoms with E-state index < -0.39 is 6.17 Å². The summed E-state index contributed by atoms with van der Waals surface area (Å²) in [5, 5.41) is 3.92. The Morgan fingerprint density at radius 3 is 2.60 bits per heavy atom. The second kappa shape index (κ2) is 6.52. The number of fused-ring (bicyclic) bond motifs is 1. The van der Waals surface area contributed by atoms with Crippen LogP contribution in [0.5, 0.6) is 0 Å². The number of hydrogen-bond acceptors (Lipinski definition) is 5. The smallest absolute Gasteiger partial charge is 0.257 e. The van der Waals surface area contributed by atoms with Crippen molar-refractivity contribution in [3.8, 4) is 0 Å². The van der Waals surface area contributed by atoms with Crippen molar-refractivity contribution in [2.24, 2.45) is 4.99 Å². The normalized spacial score (nSPS) is 19.8. The summed E-state index contributed by atoms with van der Waals surface area (Å²) in [6, 6.07) is 9.00. The maximum Gasteiger partial charge on any atom is 0.257 e. The predicted octanol–water partition coefficient (Wildman–Crippen LogP) is 3.02. The Bertz CT molecular complexity index is 868. The van der Waals surface area contributed by atoms with Crippen LogP contribution >= 0.6 is 11.6 Å². The Kier molecular flexibility index (Phi) is 4.21. The fraction of sp³-hybridized carbons (Fsp3) is 0.389. The van der Waals surface area contributed by atoms with Crippen molar-refractivity contribution in [3.05, 3.63) is 57.0 Å². The van der Waals surface area contributed by atoms with Crippen LogP contribution in [0.1, 0.15) is 36.7 Å². The molecule has 1 saturated heterocycles. The first-order valence-electron chi connectivity index (χ1n) is 8.57. The lowest BCUT2D eigenvalue weighted by Gasteiger charge is -2.34. The van der Waals surface area contributed by atoms with E-state index in [9.17, 15) is 4.79 Å². The molecular formula is C18H20ClN5O. The van der Waals surface area contributed by atoms with Gasteiger partial charge in [-0.15, -0.1) is 0 Å². The molecule has 1 aromatic heterocycles. The predicted molar refractivity (Wildman–Crippen MR) is 99.3 cm³/mol. The molecule has 3 heterocycles. The van der Waals surface area contributed by atoms with E-state index in [2.05, 4.69) is 15.2 Å². The minimum atomic E-state index is -0.439. The third-order valence-corrected chi connectivity index (χ3v) is 4.87. The van der Waals surface area contributed by atoms with Gasteiger partial charge in [-0.25, -0.2) is 9.98 Å². The molecule has 130 valence electrons. The molecule has 1 fully saturated rings. The number of aromatic nitrogens is 2. The van der Waals surface area contributed by atoms with Crippen LogP contribution in [0.25, 0.3) is 0 Å². The Morgan fingerprint density at radius 2 is 1.88 bits per heavy atom. The van der Waals surface area contributed by atoms with Gasteiger partial charge in [-0.1, -0.05) is 23.7 Å². The number of aliphatic imine (C=N–C) groups is 1. The summed E-state index contributed by atoms with van der Waals surface area (Å²) in [5.41, 5.74) is 1.49. The number of aryl methyl sites for hydroxylation is 1. The van der Waals surface area contributed by atoms with Crippen LogP contribution in [0.15, 0.2) is 40.1 Å². The summed E-state index contributed by atoms with van der Waals surface area (Å²) in [6.07, 6.45) is 3.12. The van der Waals surface area contributed by atoms with Gasteiger partial charge in [0.25, 0.3) is 5.56 Å². The first-order valence-corrected chi connectivity index (χ1v) is 8.95. The highest BCUT2D eigenvalue weighted by atomic mass is 35.5. The number of benzene rings is 1. The molecule has 0 bridgehead atoms. The number of piperidine rings is 1. The van der Waals surface area contributed by atoms with E-state index in [0.717, 1.165) is 37.5 Å². The fourth-order valence-electron chi connectivity index (χ4n) is 3.36. The van der Waals surface area contributed by atoms with Crippen molar-refractivity contribution in [2.45, 2.75) is 32.4 Å². The highest BCUT2D eigenvalue weighted by molar-refractivity contribution is 6.30. The van der Waals surface area contributed by atoms with E-state index in [1.165, 1.54) is 12.5 Å². The van der Waals surface area contributed by atoms with E-state index in [4.69, 9.17) is 16.6 Å². The summed E-state index contributed by atoms with van der Waals surface area (Å²) in [5.74, 6) is 1.33. The van der Waals surface area contributed by atoms with Gasteiger partial charge in [-0.2, -0.15) is 0 Å².